The van der Waals surface area contributed by atoms with E-state index in [4.69, 9.17) is 10.8 Å². The number of aliphatic hydroxyl groups is 2. The van der Waals surface area contributed by atoms with Gasteiger partial charge in [-0.3, -0.25) is 4.79 Å². The summed E-state index contributed by atoms with van der Waals surface area (Å²) in [5, 5.41) is 19.0. The first kappa shape index (κ1) is 15.9. The van der Waals surface area contributed by atoms with Crippen LogP contribution in [0.5, 0.6) is 0 Å². The third kappa shape index (κ3) is 2.62. The molecule has 1 fully saturated rings. The minimum atomic E-state index is -1.44. The second-order valence-corrected chi connectivity index (χ2v) is 7.03. The molecule has 3 heterocycles. The summed E-state index contributed by atoms with van der Waals surface area (Å²) in [5.74, 6) is 6.27. The number of nitrogens with two attached hydrogens (primary N) is 1. The number of aliphatic hydroxyl groups excluding tert-OH is 1. The molecule has 6 heteroatoms. The van der Waals surface area contributed by atoms with Gasteiger partial charge in [0.25, 0.3) is 5.91 Å². The van der Waals surface area contributed by atoms with Crippen LogP contribution >= 0.6 is 0 Å². The summed E-state index contributed by atoms with van der Waals surface area (Å²) in [6.07, 6.45) is 3.79. The van der Waals surface area contributed by atoms with E-state index in [0.29, 0.717) is 12.0 Å². The van der Waals surface area contributed by atoms with Crippen molar-refractivity contribution in [3.8, 4) is 23.2 Å². The van der Waals surface area contributed by atoms with Crippen LogP contribution in [0.1, 0.15) is 53.3 Å². The minimum absolute atomic E-state index is 0.269. The van der Waals surface area contributed by atoms with Gasteiger partial charge in [0, 0.05) is 23.4 Å². The molecule has 128 valence electrons. The first-order valence-electron chi connectivity index (χ1n) is 8.27. The number of carbonyl (C=O) groups is 1. The summed E-state index contributed by atoms with van der Waals surface area (Å²) in [6, 6.07) is 6.24. The van der Waals surface area contributed by atoms with Gasteiger partial charge in [0.15, 0.2) is 0 Å². The molecule has 0 radical (unpaired) electrons. The van der Waals surface area contributed by atoms with Crippen molar-refractivity contribution in [2.45, 2.75) is 37.3 Å². The SMILES string of the molecule is CC(O)(C#Cc1ccc2c(c1)-c1nc(C(N)=O)cn1C1CC2C1)CO. The Balaban J connectivity index is 1.83. The predicted molar refractivity (Wildman–Crippen MR) is 91.8 cm³/mol. The fraction of sp³-hybridized carbons (Fsp3) is 0.368. The lowest BCUT2D eigenvalue weighted by molar-refractivity contribution is 0.0519. The van der Waals surface area contributed by atoms with Gasteiger partial charge in [0.05, 0.1) is 6.61 Å². The van der Waals surface area contributed by atoms with Crippen molar-refractivity contribution < 1.29 is 15.0 Å². The van der Waals surface area contributed by atoms with Crippen LogP contribution < -0.4 is 5.73 Å². The van der Waals surface area contributed by atoms with E-state index < -0.39 is 18.1 Å². The van der Waals surface area contributed by atoms with Crippen LogP contribution in [0.3, 0.4) is 0 Å². The predicted octanol–water partition coefficient (Wildman–Crippen LogP) is 1.18. The van der Waals surface area contributed by atoms with Gasteiger partial charge in [0.1, 0.15) is 17.1 Å². The molecule has 5 rings (SSSR count). The summed E-state index contributed by atoms with van der Waals surface area (Å²) in [5.41, 5.74) is 7.11. The first-order chi connectivity index (χ1) is 11.9. The molecular formula is C19H19N3O3. The molecule has 6 nitrogen and oxygen atoms in total. The fourth-order valence-corrected chi connectivity index (χ4v) is 3.49. The van der Waals surface area contributed by atoms with Crippen LogP contribution in [0.2, 0.25) is 0 Å². The molecule has 1 aromatic heterocycles. The Labute approximate surface area is 145 Å². The van der Waals surface area contributed by atoms with Crippen LogP contribution in [0, 0.1) is 11.8 Å². The topological polar surface area (TPSA) is 101 Å². The van der Waals surface area contributed by atoms with E-state index in [0.717, 1.165) is 29.8 Å². The van der Waals surface area contributed by atoms with Gasteiger partial charge in [-0.25, -0.2) is 4.98 Å². The highest BCUT2D eigenvalue weighted by atomic mass is 16.3. The molecule has 1 saturated carbocycles. The van der Waals surface area contributed by atoms with E-state index >= 15 is 0 Å². The number of nitrogens with zero attached hydrogens (tertiary/aromatic N) is 2. The molecule has 3 aliphatic rings. The monoisotopic (exact) mass is 337 g/mol. The number of imidazole rings is 1. The summed E-state index contributed by atoms with van der Waals surface area (Å²) in [7, 11) is 0. The largest absolute Gasteiger partial charge is 0.392 e. The van der Waals surface area contributed by atoms with Crippen LogP contribution in [-0.2, 0) is 0 Å². The zero-order chi connectivity index (χ0) is 17.8. The van der Waals surface area contributed by atoms with Gasteiger partial charge in [-0.1, -0.05) is 17.9 Å². The van der Waals surface area contributed by atoms with Gasteiger partial charge in [-0.2, -0.15) is 0 Å². The zero-order valence-electron chi connectivity index (χ0n) is 13.9. The Morgan fingerprint density at radius 3 is 2.92 bits per heavy atom. The molecule has 0 saturated heterocycles. The maximum absolute atomic E-state index is 11.5. The fourth-order valence-electron chi connectivity index (χ4n) is 3.49. The van der Waals surface area contributed by atoms with Gasteiger partial charge >= 0.3 is 0 Å². The minimum Gasteiger partial charge on any atom is -0.392 e. The normalized spacial score (nSPS) is 22.4. The molecule has 2 aliphatic heterocycles. The molecule has 1 aliphatic carbocycles. The lowest BCUT2D eigenvalue weighted by Gasteiger charge is -2.34. The van der Waals surface area contributed by atoms with Crippen LogP contribution in [0.25, 0.3) is 11.4 Å². The second kappa shape index (κ2) is 5.45. The van der Waals surface area contributed by atoms with Crippen molar-refractivity contribution in [3.63, 3.8) is 0 Å². The van der Waals surface area contributed by atoms with E-state index in [1.54, 1.807) is 6.20 Å². The molecule has 2 aromatic rings. The Morgan fingerprint density at radius 2 is 2.24 bits per heavy atom. The second-order valence-electron chi connectivity index (χ2n) is 7.03. The lowest BCUT2D eigenvalue weighted by Crippen LogP contribution is -2.26. The third-order valence-corrected chi connectivity index (χ3v) is 5.01. The quantitative estimate of drug-likeness (QED) is 0.716. The summed E-state index contributed by atoms with van der Waals surface area (Å²) in [4.78, 5) is 16.0. The third-order valence-electron chi connectivity index (χ3n) is 5.01. The number of amides is 1. The van der Waals surface area contributed by atoms with Crippen molar-refractivity contribution in [1.82, 2.24) is 9.55 Å². The van der Waals surface area contributed by atoms with Crippen LogP contribution in [0.4, 0.5) is 0 Å². The smallest absolute Gasteiger partial charge is 0.268 e. The first-order valence-corrected chi connectivity index (χ1v) is 8.27. The molecular weight excluding hydrogens is 318 g/mol. The Bertz CT molecular complexity index is 927. The van der Waals surface area contributed by atoms with E-state index in [1.165, 1.54) is 12.5 Å². The molecule has 1 aromatic carbocycles. The van der Waals surface area contributed by atoms with E-state index in [1.807, 2.05) is 22.8 Å². The van der Waals surface area contributed by atoms with Crippen molar-refractivity contribution in [3.05, 3.63) is 41.2 Å². The summed E-state index contributed by atoms with van der Waals surface area (Å²) >= 11 is 0. The van der Waals surface area contributed by atoms with E-state index in [-0.39, 0.29) is 5.69 Å². The number of hydrogen-bond acceptors (Lipinski definition) is 4. The van der Waals surface area contributed by atoms with Crippen LogP contribution in [0.15, 0.2) is 24.4 Å². The number of carbonyl (C=O) groups excluding carboxylic acids is 1. The van der Waals surface area contributed by atoms with Crippen LogP contribution in [-0.4, -0.2) is 37.9 Å². The average molecular weight is 337 g/mol. The van der Waals surface area contributed by atoms with Gasteiger partial charge in [-0.05, 0) is 43.4 Å². The lowest BCUT2D eigenvalue weighted by atomic mass is 9.75. The van der Waals surface area contributed by atoms with Crippen molar-refractivity contribution >= 4 is 5.91 Å². The Hall–Kier alpha value is -2.62. The van der Waals surface area contributed by atoms with E-state index in [9.17, 15) is 9.90 Å². The maximum Gasteiger partial charge on any atom is 0.268 e. The highest BCUT2D eigenvalue weighted by Gasteiger charge is 2.38. The van der Waals surface area contributed by atoms with Gasteiger partial charge in [-0.15, -0.1) is 0 Å². The zero-order valence-corrected chi connectivity index (χ0v) is 13.9. The van der Waals surface area contributed by atoms with E-state index in [2.05, 4.69) is 16.8 Å². The van der Waals surface area contributed by atoms with Gasteiger partial charge < -0.3 is 20.5 Å². The Kier molecular flexibility index (Phi) is 3.46. The number of benzene rings is 1. The molecule has 25 heavy (non-hydrogen) atoms. The summed E-state index contributed by atoms with van der Waals surface area (Å²) < 4.78 is 2.05. The summed E-state index contributed by atoms with van der Waals surface area (Å²) in [6.45, 7) is 1.03. The standard InChI is InChI=1S/C19H19N3O3/c1-19(25,10-23)5-4-11-2-3-14-12-7-13(8-12)22-9-16(17(20)24)21-18(22)15(14)6-11/h2-3,6,9,12-13,23,25H,7-8,10H2,1H3,(H2,20,24). The number of rotatable bonds is 2. The molecule has 1 atom stereocenters. The molecule has 2 bridgehead atoms. The Morgan fingerprint density at radius 1 is 1.48 bits per heavy atom. The number of hydrogen-bond donors (Lipinski definition) is 3. The number of primary amides is 1. The van der Waals surface area contributed by atoms with Crippen molar-refractivity contribution in [2.24, 2.45) is 5.73 Å². The van der Waals surface area contributed by atoms with Crippen molar-refractivity contribution in [2.75, 3.05) is 6.61 Å². The highest BCUT2D eigenvalue weighted by Crippen LogP contribution is 2.51. The molecule has 1 unspecified atom stereocenters. The molecule has 1 amide bonds. The molecule has 4 N–H and O–H groups in total. The number of aromatic nitrogens is 2. The molecule has 0 spiro atoms. The average Bonchev–Trinajstić information content (AvgIpc) is 2.88. The maximum atomic E-state index is 11.5. The highest BCUT2D eigenvalue weighted by molar-refractivity contribution is 5.91. The van der Waals surface area contributed by atoms with Gasteiger partial charge in [0.2, 0.25) is 0 Å². The van der Waals surface area contributed by atoms with Crippen molar-refractivity contribution in [1.29, 1.82) is 0 Å².